The van der Waals surface area contributed by atoms with Gasteiger partial charge in [-0.1, -0.05) is 0 Å². The van der Waals surface area contributed by atoms with E-state index in [-0.39, 0.29) is 59.1 Å². The molecule has 0 aliphatic rings. The summed E-state index contributed by atoms with van der Waals surface area (Å²) in [5.41, 5.74) is 22.0. The van der Waals surface area contributed by atoms with Crippen LogP contribution in [0.1, 0.15) is 0 Å². The van der Waals surface area contributed by atoms with E-state index < -0.39 is 0 Å². The third kappa shape index (κ3) is 15.1. The standard InChI is InChI=1S/C10H8N2.2C2H8N2.2Na/c1-5-11-6-2-9(1)10-3-7-12-8-4-10;2*3-1-2-4;;/h1-8H;2*1-4H2;;/q;;;;+1/p+1. The molecule has 2 aromatic heterocycles. The summed E-state index contributed by atoms with van der Waals surface area (Å²) in [6.07, 6.45) is 7.42. The molecule has 0 saturated carbocycles. The first-order valence-electron chi connectivity index (χ1n) is 6.46. The zero-order valence-electron chi connectivity index (χ0n) is 13.7. The first kappa shape index (κ1) is 27.0. The van der Waals surface area contributed by atoms with Crippen molar-refractivity contribution in [1.29, 1.82) is 0 Å². The number of aromatic nitrogens is 2. The molecule has 2 rings (SSSR count). The van der Waals surface area contributed by atoms with E-state index >= 15 is 0 Å². The predicted octanol–water partition coefficient (Wildman–Crippen LogP) is -4.01. The number of aromatic amines is 1. The Balaban J connectivity index is -0.000000310. The molecule has 9 N–H and O–H groups in total. The Bertz CT molecular complexity index is 371. The summed E-state index contributed by atoms with van der Waals surface area (Å²) in [7, 11) is 0. The van der Waals surface area contributed by atoms with Crippen LogP contribution < -0.4 is 57.5 Å². The molecule has 0 saturated heterocycles. The Morgan fingerprint density at radius 1 is 0.727 bits per heavy atom. The number of rotatable bonds is 3. The first-order valence-corrected chi connectivity index (χ1v) is 6.46. The number of nitrogens with two attached hydrogens (primary N) is 4. The van der Waals surface area contributed by atoms with Gasteiger partial charge in [-0.05, 0) is 23.3 Å². The van der Waals surface area contributed by atoms with Gasteiger partial charge in [0.1, 0.15) is 0 Å². The van der Waals surface area contributed by atoms with Crippen molar-refractivity contribution >= 4 is 29.6 Å². The van der Waals surface area contributed by atoms with Crippen molar-refractivity contribution in [2.24, 2.45) is 22.9 Å². The summed E-state index contributed by atoms with van der Waals surface area (Å²) in [4.78, 5) is 6.95. The zero-order valence-corrected chi connectivity index (χ0v) is 17.7. The van der Waals surface area contributed by atoms with Crippen LogP contribution in [0.2, 0.25) is 0 Å². The van der Waals surface area contributed by atoms with Crippen LogP contribution in [0.25, 0.3) is 11.1 Å². The maximum Gasteiger partial charge on any atom is 1.00 e. The molecule has 2 heterocycles. The van der Waals surface area contributed by atoms with E-state index in [9.17, 15) is 0 Å². The van der Waals surface area contributed by atoms with Crippen LogP contribution in [0.4, 0.5) is 0 Å². The van der Waals surface area contributed by atoms with Crippen LogP contribution in [0, 0.1) is 0 Å². The molecular weight excluding hydrogens is 298 g/mol. The second-order valence-corrected chi connectivity index (χ2v) is 3.68. The molecule has 0 fully saturated rings. The van der Waals surface area contributed by atoms with Crippen molar-refractivity contribution in [1.82, 2.24) is 4.98 Å². The van der Waals surface area contributed by atoms with E-state index in [1.807, 2.05) is 36.7 Å². The van der Waals surface area contributed by atoms with E-state index in [2.05, 4.69) is 9.97 Å². The van der Waals surface area contributed by atoms with Gasteiger partial charge in [0.25, 0.3) is 0 Å². The van der Waals surface area contributed by atoms with E-state index in [1.165, 1.54) is 11.1 Å². The molecule has 2 aromatic rings. The maximum absolute atomic E-state index is 4.90. The summed E-state index contributed by atoms with van der Waals surface area (Å²) in [5, 5.41) is 0. The smallest absolute Gasteiger partial charge is 0.329 e. The third-order valence-electron chi connectivity index (χ3n) is 2.07. The van der Waals surface area contributed by atoms with Gasteiger partial charge in [0.05, 0.1) is 0 Å². The molecule has 0 aliphatic heterocycles. The minimum atomic E-state index is 0. The topological polar surface area (TPSA) is 131 Å². The molecule has 0 bridgehead atoms. The van der Waals surface area contributed by atoms with Gasteiger partial charge in [-0.25, -0.2) is 4.98 Å². The molecule has 6 nitrogen and oxygen atoms in total. The van der Waals surface area contributed by atoms with Gasteiger partial charge in [-0.2, -0.15) is 0 Å². The van der Waals surface area contributed by atoms with Gasteiger partial charge < -0.3 is 22.9 Å². The fourth-order valence-electron chi connectivity index (χ4n) is 1.12. The predicted molar refractivity (Wildman–Crippen MR) is 88.2 cm³/mol. The molecule has 0 spiro atoms. The Morgan fingerprint density at radius 2 is 1.09 bits per heavy atom. The summed E-state index contributed by atoms with van der Waals surface area (Å²) in [5.74, 6) is 0. The molecule has 0 aliphatic carbocycles. The molecule has 0 atom stereocenters. The summed E-state index contributed by atoms with van der Waals surface area (Å²) in [6.45, 7) is 2.39. The van der Waals surface area contributed by atoms with Gasteiger partial charge in [0.15, 0.2) is 12.4 Å². The monoisotopic (exact) mass is 323 g/mol. The number of pyridine rings is 2. The Hall–Kier alpha value is 0.140. The summed E-state index contributed by atoms with van der Waals surface area (Å²) in [6, 6.07) is 8.06. The van der Waals surface area contributed by atoms with Crippen molar-refractivity contribution in [3.63, 3.8) is 0 Å². The van der Waals surface area contributed by atoms with Crippen LogP contribution in [0.5, 0.6) is 0 Å². The third-order valence-corrected chi connectivity index (χ3v) is 2.07. The minimum absolute atomic E-state index is 0. The fourth-order valence-corrected chi connectivity index (χ4v) is 1.12. The number of nitrogens with one attached hydrogen (secondary N) is 1. The SMILES string of the molecule is NCCN.NCCN.[Na+].[Na].c1cc(-c2cc[nH+]cc2)ccn1. The van der Waals surface area contributed by atoms with E-state index in [0.29, 0.717) is 26.2 Å². The zero-order chi connectivity index (χ0) is 15.1. The number of nitrogens with zero attached hydrogens (tertiary/aromatic N) is 1. The van der Waals surface area contributed by atoms with Crippen LogP contribution in [-0.2, 0) is 0 Å². The van der Waals surface area contributed by atoms with Crippen molar-refractivity contribution in [2.75, 3.05) is 26.2 Å². The number of hydrogen-bond acceptors (Lipinski definition) is 5. The van der Waals surface area contributed by atoms with E-state index in [0.717, 1.165) is 0 Å². The maximum atomic E-state index is 4.90. The molecular formula is C14H25N6Na2+2. The van der Waals surface area contributed by atoms with Gasteiger partial charge in [-0.15, -0.1) is 0 Å². The molecule has 0 unspecified atom stereocenters. The minimum Gasteiger partial charge on any atom is -0.329 e. The Labute approximate surface area is 177 Å². The van der Waals surface area contributed by atoms with Crippen LogP contribution >= 0.6 is 0 Å². The molecule has 1 radical (unpaired) electrons. The van der Waals surface area contributed by atoms with Gasteiger partial charge in [-0.3, -0.25) is 4.98 Å². The van der Waals surface area contributed by atoms with Gasteiger partial charge in [0.2, 0.25) is 0 Å². The largest absolute Gasteiger partial charge is 1.00 e. The fraction of sp³-hybridized carbons (Fsp3) is 0.286. The summed E-state index contributed by atoms with van der Waals surface area (Å²) < 4.78 is 0. The number of H-pyrrole nitrogens is 1. The average Bonchev–Trinajstić information content (AvgIpc) is 2.57. The second-order valence-electron chi connectivity index (χ2n) is 3.68. The van der Waals surface area contributed by atoms with Crippen LogP contribution in [0.15, 0.2) is 49.1 Å². The van der Waals surface area contributed by atoms with Crippen molar-refractivity contribution in [3.8, 4) is 11.1 Å². The summed E-state index contributed by atoms with van der Waals surface area (Å²) >= 11 is 0. The van der Waals surface area contributed by atoms with Crippen molar-refractivity contribution < 1.29 is 34.5 Å². The average molecular weight is 323 g/mol. The molecule has 0 aromatic carbocycles. The molecule has 0 amide bonds. The van der Waals surface area contributed by atoms with E-state index in [1.54, 1.807) is 12.4 Å². The van der Waals surface area contributed by atoms with Crippen molar-refractivity contribution in [2.45, 2.75) is 0 Å². The Morgan fingerprint density at radius 3 is 1.45 bits per heavy atom. The number of hydrogen-bond donors (Lipinski definition) is 4. The normalized spacial score (nSPS) is 8.00. The van der Waals surface area contributed by atoms with Gasteiger partial charge >= 0.3 is 29.6 Å². The molecule has 8 heteroatoms. The van der Waals surface area contributed by atoms with E-state index in [4.69, 9.17) is 22.9 Å². The first-order chi connectivity index (χ1) is 9.79. The Kier molecular flexibility index (Phi) is 26.0. The van der Waals surface area contributed by atoms with Crippen LogP contribution in [-0.4, -0.2) is 60.7 Å². The molecule has 22 heavy (non-hydrogen) atoms. The quantitative estimate of drug-likeness (QED) is 0.428. The van der Waals surface area contributed by atoms with Crippen molar-refractivity contribution in [3.05, 3.63) is 49.1 Å². The molecule has 111 valence electrons. The van der Waals surface area contributed by atoms with Gasteiger partial charge in [0, 0.05) is 80.3 Å². The second kappa shape index (κ2) is 21.1. The van der Waals surface area contributed by atoms with Crippen LogP contribution in [0.3, 0.4) is 0 Å².